The van der Waals surface area contributed by atoms with E-state index in [2.05, 4.69) is 15.4 Å². The smallest absolute Gasteiger partial charge is 0.253 e. The van der Waals surface area contributed by atoms with Crippen molar-refractivity contribution in [1.82, 2.24) is 15.0 Å². The third kappa shape index (κ3) is 3.87. The monoisotopic (exact) mass is 422 g/mol. The first-order valence-electron chi connectivity index (χ1n) is 11.3. The van der Waals surface area contributed by atoms with E-state index in [4.69, 9.17) is 4.52 Å². The third-order valence-electron chi connectivity index (χ3n) is 7.24. The van der Waals surface area contributed by atoms with E-state index >= 15 is 0 Å². The molecule has 164 valence electrons. The first-order valence-corrected chi connectivity index (χ1v) is 11.3. The molecule has 0 unspecified atom stereocenters. The quantitative estimate of drug-likeness (QED) is 0.798. The van der Waals surface area contributed by atoms with Crippen LogP contribution in [0.1, 0.15) is 59.5 Å². The van der Waals surface area contributed by atoms with Crippen LogP contribution in [-0.4, -0.2) is 51.9 Å². The van der Waals surface area contributed by atoms with Crippen LogP contribution in [0, 0.1) is 19.8 Å². The maximum Gasteiger partial charge on any atom is 0.253 e. The molecule has 7 heteroatoms. The second-order valence-electron chi connectivity index (χ2n) is 9.37. The highest BCUT2D eigenvalue weighted by Gasteiger charge is 2.48. The van der Waals surface area contributed by atoms with Crippen LogP contribution < -0.4 is 5.32 Å². The lowest BCUT2D eigenvalue weighted by Gasteiger charge is -2.57. The number of aromatic nitrogens is 1. The Morgan fingerprint density at radius 2 is 1.94 bits per heavy atom. The van der Waals surface area contributed by atoms with Gasteiger partial charge >= 0.3 is 0 Å². The van der Waals surface area contributed by atoms with Crippen LogP contribution in [0.15, 0.2) is 28.8 Å². The summed E-state index contributed by atoms with van der Waals surface area (Å²) in [5, 5.41) is 7.02. The lowest BCUT2D eigenvalue weighted by atomic mass is 9.77. The Hall–Kier alpha value is -2.67. The number of nitrogens with zero attached hydrogens (tertiary/aromatic N) is 3. The van der Waals surface area contributed by atoms with Gasteiger partial charge in [0.2, 0.25) is 5.91 Å². The molecule has 3 fully saturated rings. The molecule has 2 aliphatic heterocycles. The summed E-state index contributed by atoms with van der Waals surface area (Å²) in [5.74, 6) is 1.21. The SMILES string of the molecule is Cc1noc(C)c1CN1CC[C@]12CCCN(C(=O)c1ccc(NC(=O)C3CC3)cc1)C2. The first-order chi connectivity index (χ1) is 14.9. The molecule has 2 aromatic rings. The van der Waals surface area contributed by atoms with Gasteiger partial charge in [-0.15, -0.1) is 0 Å². The summed E-state index contributed by atoms with van der Waals surface area (Å²) in [4.78, 5) is 29.6. The van der Waals surface area contributed by atoms with Crippen LogP contribution in [0.2, 0.25) is 0 Å². The summed E-state index contributed by atoms with van der Waals surface area (Å²) >= 11 is 0. The number of amides is 2. The molecule has 1 N–H and O–H groups in total. The van der Waals surface area contributed by atoms with Crippen molar-refractivity contribution in [2.45, 2.75) is 58.0 Å². The highest BCUT2D eigenvalue weighted by atomic mass is 16.5. The second-order valence-corrected chi connectivity index (χ2v) is 9.37. The molecule has 1 aromatic heterocycles. The van der Waals surface area contributed by atoms with Gasteiger partial charge in [-0.1, -0.05) is 5.16 Å². The topological polar surface area (TPSA) is 78.7 Å². The van der Waals surface area contributed by atoms with E-state index in [1.54, 1.807) is 0 Å². The van der Waals surface area contributed by atoms with Gasteiger partial charge in [-0.25, -0.2) is 0 Å². The van der Waals surface area contributed by atoms with Gasteiger partial charge in [-0.3, -0.25) is 14.5 Å². The predicted molar refractivity (Wildman–Crippen MR) is 117 cm³/mol. The van der Waals surface area contributed by atoms with E-state index in [9.17, 15) is 9.59 Å². The second kappa shape index (κ2) is 7.79. The van der Waals surface area contributed by atoms with Gasteiger partial charge in [-0.2, -0.15) is 0 Å². The normalized spacial score (nSPS) is 23.6. The number of carbonyl (C=O) groups excluding carboxylic acids is 2. The third-order valence-corrected chi connectivity index (χ3v) is 7.24. The standard InChI is InChI=1S/C24H30N4O3/c1-16-21(17(2)31-26-16)14-28-13-11-24(28)10-3-12-27(15-24)23(30)19-6-8-20(9-7-19)25-22(29)18-4-5-18/h6-9,18H,3-5,10-15H2,1-2H3,(H,25,29)/t24-/m0/s1. The van der Waals surface area contributed by atoms with Crippen molar-refractivity contribution in [3.63, 3.8) is 0 Å². The summed E-state index contributed by atoms with van der Waals surface area (Å²) in [5.41, 5.74) is 3.62. The van der Waals surface area contributed by atoms with Gasteiger partial charge in [0.15, 0.2) is 0 Å². The molecule has 5 rings (SSSR count). The predicted octanol–water partition coefficient (Wildman–Crippen LogP) is 3.52. The zero-order valence-electron chi connectivity index (χ0n) is 18.3. The Balaban J connectivity index is 1.24. The van der Waals surface area contributed by atoms with Gasteiger partial charge in [0.05, 0.1) is 5.69 Å². The molecular formula is C24H30N4O3. The summed E-state index contributed by atoms with van der Waals surface area (Å²) < 4.78 is 5.34. The van der Waals surface area contributed by atoms with Crippen LogP contribution >= 0.6 is 0 Å². The van der Waals surface area contributed by atoms with Crippen molar-refractivity contribution in [1.29, 1.82) is 0 Å². The Labute approximate surface area is 182 Å². The van der Waals surface area contributed by atoms with Crippen molar-refractivity contribution in [2.24, 2.45) is 5.92 Å². The number of piperidine rings is 1. The Bertz CT molecular complexity index is 975. The van der Waals surface area contributed by atoms with Crippen LogP contribution in [0.25, 0.3) is 0 Å². The van der Waals surface area contributed by atoms with E-state index in [-0.39, 0.29) is 23.3 Å². The lowest BCUT2D eigenvalue weighted by molar-refractivity contribution is -0.117. The molecule has 0 bridgehead atoms. The number of anilines is 1. The fourth-order valence-corrected chi connectivity index (χ4v) is 4.97. The molecule has 2 saturated heterocycles. The number of aryl methyl sites for hydroxylation is 2. The molecule has 1 aromatic carbocycles. The Kier molecular flexibility index (Phi) is 5.08. The Morgan fingerprint density at radius 1 is 1.16 bits per heavy atom. The largest absolute Gasteiger partial charge is 0.361 e. The summed E-state index contributed by atoms with van der Waals surface area (Å²) in [6.45, 7) is 7.39. The highest BCUT2D eigenvalue weighted by Crippen LogP contribution is 2.40. The van der Waals surface area contributed by atoms with Gasteiger partial charge in [-0.05, 0) is 70.2 Å². The molecule has 1 atom stereocenters. The highest BCUT2D eigenvalue weighted by molar-refractivity contribution is 5.97. The van der Waals surface area contributed by atoms with Crippen molar-refractivity contribution in [2.75, 3.05) is 25.0 Å². The molecule has 3 aliphatic rings. The van der Waals surface area contributed by atoms with Crippen LogP contribution in [0.5, 0.6) is 0 Å². The minimum atomic E-state index is 0.0578. The number of hydrogen-bond acceptors (Lipinski definition) is 5. The van der Waals surface area contributed by atoms with Crippen LogP contribution in [0.3, 0.4) is 0 Å². The number of rotatable bonds is 5. The summed E-state index contributed by atoms with van der Waals surface area (Å²) in [6.07, 6.45) is 5.21. The maximum absolute atomic E-state index is 13.2. The molecule has 2 amide bonds. The molecule has 1 aliphatic carbocycles. The fraction of sp³-hybridized carbons (Fsp3) is 0.542. The molecule has 7 nitrogen and oxygen atoms in total. The molecule has 31 heavy (non-hydrogen) atoms. The maximum atomic E-state index is 13.2. The number of benzene rings is 1. The Morgan fingerprint density at radius 3 is 2.55 bits per heavy atom. The molecule has 1 spiro atoms. The zero-order chi connectivity index (χ0) is 21.6. The van der Waals surface area contributed by atoms with Crippen LogP contribution in [-0.2, 0) is 11.3 Å². The van der Waals surface area contributed by atoms with E-state index in [1.165, 1.54) is 5.56 Å². The number of nitrogens with one attached hydrogen (secondary N) is 1. The number of likely N-dealkylation sites (tertiary alicyclic amines) is 2. The van der Waals surface area contributed by atoms with Crippen molar-refractivity contribution in [3.05, 3.63) is 46.8 Å². The minimum absolute atomic E-state index is 0.0578. The van der Waals surface area contributed by atoms with Gasteiger partial charge in [0.25, 0.3) is 5.91 Å². The van der Waals surface area contributed by atoms with E-state index in [1.807, 2.05) is 43.0 Å². The average molecular weight is 423 g/mol. The van der Waals surface area contributed by atoms with Crippen LogP contribution in [0.4, 0.5) is 5.69 Å². The molecule has 1 saturated carbocycles. The van der Waals surface area contributed by atoms with E-state index in [0.717, 1.165) is 75.4 Å². The molecule has 3 heterocycles. The van der Waals surface area contributed by atoms with E-state index < -0.39 is 0 Å². The first kappa shape index (κ1) is 20.2. The minimum Gasteiger partial charge on any atom is -0.361 e. The number of hydrogen-bond donors (Lipinski definition) is 1. The fourth-order valence-electron chi connectivity index (χ4n) is 4.97. The van der Waals surface area contributed by atoms with Gasteiger partial charge < -0.3 is 14.7 Å². The van der Waals surface area contributed by atoms with Gasteiger partial charge in [0, 0.05) is 54.5 Å². The van der Waals surface area contributed by atoms with Crippen molar-refractivity contribution >= 4 is 17.5 Å². The van der Waals surface area contributed by atoms with Gasteiger partial charge in [0.1, 0.15) is 5.76 Å². The summed E-state index contributed by atoms with van der Waals surface area (Å²) in [6, 6.07) is 7.32. The number of carbonyl (C=O) groups is 2. The zero-order valence-corrected chi connectivity index (χ0v) is 18.3. The van der Waals surface area contributed by atoms with Crippen molar-refractivity contribution in [3.8, 4) is 0 Å². The molecular weight excluding hydrogens is 392 g/mol. The van der Waals surface area contributed by atoms with Crippen molar-refractivity contribution < 1.29 is 14.1 Å². The summed E-state index contributed by atoms with van der Waals surface area (Å²) in [7, 11) is 0. The lowest BCUT2D eigenvalue weighted by Crippen LogP contribution is -2.67. The molecule has 0 radical (unpaired) electrons. The van der Waals surface area contributed by atoms with E-state index in [0.29, 0.717) is 5.56 Å². The average Bonchev–Trinajstić information content (AvgIpc) is 3.58.